The Bertz CT molecular complexity index is 3630. The topological polar surface area (TPSA) is 13.1 Å². The minimum absolute atomic E-state index is 0.0169. The van der Waals surface area contributed by atoms with E-state index in [-0.39, 0.29) is 78.3 Å². The molecule has 0 bridgehead atoms. The molecular formula is C46H28O. The highest BCUT2D eigenvalue weighted by atomic mass is 16.3. The minimum atomic E-state index is -0.598. The van der Waals surface area contributed by atoms with Crippen LogP contribution in [-0.2, 0) is 0 Å². The molecular weight excluding hydrogens is 569 g/mol. The van der Waals surface area contributed by atoms with Crippen LogP contribution in [0.3, 0.4) is 0 Å². The van der Waals surface area contributed by atoms with Gasteiger partial charge < -0.3 is 4.42 Å². The molecule has 10 aromatic rings. The molecule has 218 valence electrons. The molecule has 47 heavy (non-hydrogen) atoms. The monoisotopic (exact) mass is 611 g/mol. The third-order valence-corrected chi connectivity index (χ3v) is 8.74. The van der Waals surface area contributed by atoms with Gasteiger partial charge in [0.05, 0.1) is 20.6 Å². The summed E-state index contributed by atoms with van der Waals surface area (Å²) in [4.78, 5) is 0. The van der Waals surface area contributed by atoms with Crippen molar-refractivity contribution in [1.29, 1.82) is 0 Å². The molecule has 0 unspecified atom stereocenters. The van der Waals surface area contributed by atoms with Crippen molar-refractivity contribution in [2.45, 2.75) is 0 Å². The minimum Gasteiger partial charge on any atom is -0.455 e. The molecule has 1 heteroatoms. The number of benzene rings is 9. The van der Waals surface area contributed by atoms with E-state index in [1.807, 2.05) is 0 Å². The third-order valence-electron chi connectivity index (χ3n) is 8.74. The quantitative estimate of drug-likeness (QED) is 0.181. The van der Waals surface area contributed by atoms with E-state index in [0.717, 1.165) is 0 Å². The molecule has 1 nitrogen and oxygen atoms in total. The Balaban J connectivity index is 1.44. The van der Waals surface area contributed by atoms with Crippen LogP contribution in [0.25, 0.3) is 98.4 Å². The fourth-order valence-corrected chi connectivity index (χ4v) is 6.77. The predicted octanol–water partition coefficient (Wildman–Crippen LogP) is 13.2. The number of hydrogen-bond acceptors (Lipinski definition) is 1. The maximum absolute atomic E-state index is 9.68. The zero-order valence-electron chi connectivity index (χ0n) is 39.4. The van der Waals surface area contributed by atoms with Crippen LogP contribution in [0, 0.1) is 0 Å². The lowest BCUT2D eigenvalue weighted by molar-refractivity contribution is 0.673. The zero-order chi connectivity index (χ0) is 44.0. The van der Waals surface area contributed by atoms with Crippen LogP contribution in [0.15, 0.2) is 174 Å². The Kier molecular flexibility index (Phi) is 3.33. The second-order valence-corrected chi connectivity index (χ2v) is 11.2. The number of rotatable bonds is 3. The predicted molar refractivity (Wildman–Crippen MR) is 200 cm³/mol. The average Bonchev–Trinajstić information content (AvgIpc) is 3.68. The lowest BCUT2D eigenvalue weighted by Crippen LogP contribution is -1.92. The first kappa shape index (κ1) is 15.4. The Morgan fingerprint density at radius 3 is 1.66 bits per heavy atom. The van der Waals surface area contributed by atoms with Gasteiger partial charge in [-0.2, -0.15) is 0 Å². The van der Waals surface area contributed by atoms with E-state index >= 15 is 0 Å². The molecule has 0 amide bonds. The maximum atomic E-state index is 9.68. The first-order valence-corrected chi connectivity index (χ1v) is 15.0. The summed E-state index contributed by atoms with van der Waals surface area (Å²) in [5.74, 6) is 0. The van der Waals surface area contributed by atoms with Crippen LogP contribution in [0.1, 0.15) is 20.6 Å². The average molecular weight is 612 g/mol. The maximum Gasteiger partial charge on any atom is 0.143 e. The van der Waals surface area contributed by atoms with Crippen molar-refractivity contribution in [2.24, 2.45) is 0 Å². The van der Waals surface area contributed by atoms with Crippen molar-refractivity contribution in [3.63, 3.8) is 0 Å². The first-order valence-electron chi connectivity index (χ1n) is 22.5. The molecule has 0 aliphatic rings. The van der Waals surface area contributed by atoms with Crippen molar-refractivity contribution in [2.75, 3.05) is 0 Å². The summed E-state index contributed by atoms with van der Waals surface area (Å²) in [7, 11) is 0. The normalized spacial score (nSPS) is 16.3. The molecule has 1 aromatic heterocycles. The SMILES string of the molecule is [2H]c1c([2H])c(-c2c3ccccc3c(-c3c([2H])c([2H])c(-c4ccccc4)c4c([2H])c([2H])c([2H])c([2H])c34)c3ccccc23)c2c(oc3c4c([2H])c([2H])c([2H])c([2H])c4c([2H])c([2H])c32)c1[2H]. The van der Waals surface area contributed by atoms with Crippen molar-refractivity contribution in [3.8, 4) is 33.4 Å². The first-order chi connectivity index (χ1) is 29.6. The molecule has 0 aliphatic heterocycles. The van der Waals surface area contributed by atoms with E-state index in [9.17, 15) is 6.85 Å². The van der Waals surface area contributed by atoms with Crippen molar-refractivity contribution in [1.82, 2.24) is 0 Å². The molecule has 9 aromatic carbocycles. The summed E-state index contributed by atoms with van der Waals surface area (Å²) in [6.45, 7) is 0. The van der Waals surface area contributed by atoms with Gasteiger partial charge >= 0.3 is 0 Å². The largest absolute Gasteiger partial charge is 0.455 e. The zero-order valence-corrected chi connectivity index (χ0v) is 24.4. The van der Waals surface area contributed by atoms with Gasteiger partial charge in [-0.1, -0.05) is 157 Å². The molecule has 0 spiro atoms. The third kappa shape index (κ3) is 3.84. The lowest BCUT2D eigenvalue weighted by Gasteiger charge is -2.20. The Morgan fingerprint density at radius 1 is 0.383 bits per heavy atom. The van der Waals surface area contributed by atoms with E-state index in [2.05, 4.69) is 0 Å². The van der Waals surface area contributed by atoms with Crippen molar-refractivity contribution in [3.05, 3.63) is 169 Å². The van der Waals surface area contributed by atoms with Crippen LogP contribution in [0.5, 0.6) is 0 Å². The fourth-order valence-electron chi connectivity index (χ4n) is 6.77. The molecule has 0 aliphatic carbocycles. The van der Waals surface area contributed by atoms with Gasteiger partial charge in [0.15, 0.2) is 0 Å². The van der Waals surface area contributed by atoms with Crippen LogP contribution >= 0.6 is 0 Å². The van der Waals surface area contributed by atoms with Crippen LogP contribution in [0.2, 0.25) is 0 Å². The van der Waals surface area contributed by atoms with E-state index < -0.39 is 72.5 Å². The van der Waals surface area contributed by atoms with Gasteiger partial charge in [0.2, 0.25) is 0 Å². The van der Waals surface area contributed by atoms with Gasteiger partial charge in [-0.25, -0.2) is 0 Å². The highest BCUT2D eigenvalue weighted by Gasteiger charge is 2.22. The van der Waals surface area contributed by atoms with Crippen molar-refractivity contribution < 1.29 is 25.0 Å². The summed E-state index contributed by atoms with van der Waals surface area (Å²) in [6, 6.07) is 15.6. The summed E-state index contributed by atoms with van der Waals surface area (Å²) in [5, 5.41) is 1.39. The van der Waals surface area contributed by atoms with Crippen LogP contribution in [0.4, 0.5) is 0 Å². The molecule has 0 atom stereocenters. The summed E-state index contributed by atoms with van der Waals surface area (Å²) < 4.78 is 141. The molecule has 0 radical (unpaired) electrons. The molecule has 1 heterocycles. The molecule has 0 fully saturated rings. The standard InChI is InChI=1S/C46H28O/c1-2-13-29(14-3-1)31-27-28-39(34-18-7-6-17-33(31)34)43-35-19-8-10-21-37(35)44(38-22-11-9-20-36(38)43)40-23-12-24-42-45(40)41-26-25-30-15-4-5-16-32(30)46(41)47-42/h1-28H/i4D,5D,6D,7D,12D,15D,16D,17D,18D,23D,24D,25D,26D,27D,28D. The Hall–Kier alpha value is -6.18. The van der Waals surface area contributed by atoms with Gasteiger partial charge in [0.25, 0.3) is 0 Å². The molecule has 10 rings (SSSR count). The number of hydrogen-bond donors (Lipinski definition) is 0. The molecule has 0 saturated carbocycles. The Morgan fingerprint density at radius 2 is 0.957 bits per heavy atom. The number of fused-ring (bicyclic) bond motifs is 8. The van der Waals surface area contributed by atoms with E-state index in [1.165, 1.54) is 0 Å². The summed E-state index contributed by atoms with van der Waals surface area (Å²) >= 11 is 0. The summed E-state index contributed by atoms with van der Waals surface area (Å²) in [6.07, 6.45) is 0. The second-order valence-electron chi connectivity index (χ2n) is 11.2. The highest BCUT2D eigenvalue weighted by Crippen LogP contribution is 2.49. The van der Waals surface area contributed by atoms with Gasteiger partial charge in [-0.05, 0) is 83.2 Å². The van der Waals surface area contributed by atoms with Crippen LogP contribution in [-0.4, -0.2) is 0 Å². The van der Waals surface area contributed by atoms with Gasteiger partial charge in [-0.3, -0.25) is 0 Å². The second kappa shape index (κ2) is 10.2. The van der Waals surface area contributed by atoms with Gasteiger partial charge in [0.1, 0.15) is 11.2 Å². The Labute approximate surface area is 293 Å². The lowest BCUT2D eigenvalue weighted by atomic mass is 9.83. The summed E-state index contributed by atoms with van der Waals surface area (Å²) in [5.41, 5.74) is 1.08. The fraction of sp³-hybridized carbons (Fsp3) is 0. The van der Waals surface area contributed by atoms with Crippen LogP contribution < -0.4 is 0 Å². The molecule has 0 N–H and O–H groups in total. The van der Waals surface area contributed by atoms with E-state index in [1.54, 1.807) is 78.9 Å². The number of furan rings is 1. The van der Waals surface area contributed by atoms with Crippen molar-refractivity contribution >= 4 is 65.0 Å². The van der Waals surface area contributed by atoms with Gasteiger partial charge in [-0.15, -0.1) is 0 Å². The van der Waals surface area contributed by atoms with E-state index in [4.69, 9.17) is 18.1 Å². The van der Waals surface area contributed by atoms with Gasteiger partial charge in [0, 0.05) is 16.2 Å². The smallest absolute Gasteiger partial charge is 0.143 e. The van der Waals surface area contributed by atoms with E-state index in [0.29, 0.717) is 38.2 Å². The highest BCUT2D eigenvalue weighted by molar-refractivity contribution is 6.28. The molecule has 0 saturated heterocycles.